The molecule has 0 aliphatic heterocycles. The third-order valence-electron chi connectivity index (χ3n) is 1.97. The third-order valence-corrected chi connectivity index (χ3v) is 2.79. The van der Waals surface area contributed by atoms with E-state index in [9.17, 15) is 0 Å². The average Bonchev–Trinajstić information content (AvgIpc) is 2.16. The molecule has 0 fully saturated rings. The zero-order valence-corrected chi connectivity index (χ0v) is 11.0. The Balaban J connectivity index is 2.61. The average molecular weight is 224 g/mol. The Hall–Kier alpha value is -0.963. The normalized spacial score (nSPS) is 21.6. The van der Waals surface area contributed by atoms with Crippen LogP contribution in [0.25, 0.3) is 0 Å². The highest BCUT2D eigenvalue weighted by atomic mass is 28.4. The molecule has 0 amide bonds. The Morgan fingerprint density at radius 3 is 2.53 bits per heavy atom. The predicted octanol–water partition coefficient (Wildman–Crippen LogP) is 3.46. The van der Waals surface area contributed by atoms with Gasteiger partial charge in [-0.25, -0.2) is 0 Å². The van der Waals surface area contributed by atoms with E-state index in [0.717, 1.165) is 6.42 Å². The Labute approximate surface area is 93.4 Å². The number of methoxy groups -OCH3 is 1. The van der Waals surface area contributed by atoms with Crippen LogP contribution in [0.1, 0.15) is 6.42 Å². The highest BCUT2D eigenvalue weighted by Crippen LogP contribution is 2.18. The van der Waals surface area contributed by atoms with Crippen molar-refractivity contribution in [3.8, 4) is 0 Å². The van der Waals surface area contributed by atoms with Gasteiger partial charge in [0.15, 0.2) is 0 Å². The second-order valence-corrected chi connectivity index (χ2v) is 9.05. The van der Waals surface area contributed by atoms with Crippen molar-refractivity contribution in [1.29, 1.82) is 0 Å². The van der Waals surface area contributed by atoms with Crippen molar-refractivity contribution in [2.24, 2.45) is 5.92 Å². The second-order valence-electron chi connectivity index (χ2n) is 4.62. The van der Waals surface area contributed by atoms with E-state index in [1.807, 2.05) is 0 Å². The van der Waals surface area contributed by atoms with Crippen LogP contribution in [-0.4, -0.2) is 15.4 Å². The summed E-state index contributed by atoms with van der Waals surface area (Å²) in [6.07, 6.45) is 11.5. The van der Waals surface area contributed by atoms with Gasteiger partial charge < -0.3 is 9.16 Å². The largest absolute Gasteiger partial charge is 0.520 e. The number of allylic oxidation sites excluding steroid dienone is 5. The molecule has 0 saturated heterocycles. The maximum absolute atomic E-state index is 5.81. The van der Waals surface area contributed by atoms with Gasteiger partial charge in [0.05, 0.1) is 7.11 Å². The molecule has 1 rings (SSSR count). The number of ether oxygens (including phenoxy) is 1. The predicted molar refractivity (Wildman–Crippen MR) is 65.9 cm³/mol. The van der Waals surface area contributed by atoms with Crippen LogP contribution in [0, 0.1) is 5.92 Å². The summed E-state index contributed by atoms with van der Waals surface area (Å²) in [6.45, 7) is 6.45. The summed E-state index contributed by atoms with van der Waals surface area (Å²) < 4.78 is 11.1. The minimum absolute atomic E-state index is 0.404. The van der Waals surface area contributed by atoms with Gasteiger partial charge in [0.25, 0.3) is 5.95 Å². The fourth-order valence-electron chi connectivity index (χ4n) is 1.34. The van der Waals surface area contributed by atoms with Crippen LogP contribution in [0.4, 0.5) is 0 Å². The van der Waals surface area contributed by atoms with Gasteiger partial charge in [-0.15, -0.1) is 0 Å². The summed E-state index contributed by atoms with van der Waals surface area (Å²) in [5.41, 5.74) is 0. The van der Waals surface area contributed by atoms with Gasteiger partial charge in [-0.3, -0.25) is 0 Å². The molecule has 0 heterocycles. The van der Waals surface area contributed by atoms with Crippen LogP contribution in [0.15, 0.2) is 36.3 Å². The van der Waals surface area contributed by atoms with Gasteiger partial charge in [-0.1, -0.05) is 24.3 Å². The second kappa shape index (κ2) is 5.21. The fourth-order valence-corrected chi connectivity index (χ4v) is 2.10. The smallest absolute Gasteiger partial charge is 0.261 e. The molecule has 1 unspecified atom stereocenters. The molecule has 0 N–H and O–H groups in total. The van der Waals surface area contributed by atoms with E-state index >= 15 is 0 Å². The first kappa shape index (κ1) is 12.1. The molecule has 0 aromatic carbocycles. The lowest BCUT2D eigenvalue weighted by Gasteiger charge is -2.21. The lowest BCUT2D eigenvalue weighted by Crippen LogP contribution is -2.25. The van der Waals surface area contributed by atoms with E-state index in [-0.39, 0.29) is 0 Å². The van der Waals surface area contributed by atoms with Crippen molar-refractivity contribution in [3.63, 3.8) is 0 Å². The van der Waals surface area contributed by atoms with E-state index in [1.165, 1.54) is 0 Å². The first-order valence-corrected chi connectivity index (χ1v) is 8.70. The molecule has 84 valence electrons. The standard InChI is InChI=1S/C12H20O2Si/c1-13-12(14-15(2,3)4)10-11-8-6-5-7-9-11/h5-8,10-11H,9H2,1-4H3/b12-10+. The van der Waals surface area contributed by atoms with E-state index in [4.69, 9.17) is 9.16 Å². The van der Waals surface area contributed by atoms with Gasteiger partial charge in [-0.2, -0.15) is 0 Å². The molecule has 1 atom stereocenters. The SMILES string of the molecule is CO/C(=C\C1C=CC=CC1)O[Si](C)(C)C. The maximum Gasteiger partial charge on any atom is 0.261 e. The molecule has 15 heavy (non-hydrogen) atoms. The van der Waals surface area contributed by atoms with E-state index in [1.54, 1.807) is 7.11 Å². The molecule has 0 saturated carbocycles. The van der Waals surface area contributed by atoms with Crippen molar-refractivity contribution in [2.75, 3.05) is 7.11 Å². The molecular weight excluding hydrogens is 204 g/mol. The third kappa shape index (κ3) is 4.88. The van der Waals surface area contributed by atoms with Crippen LogP contribution in [0.5, 0.6) is 0 Å². The highest BCUT2D eigenvalue weighted by Gasteiger charge is 2.18. The summed E-state index contributed by atoms with van der Waals surface area (Å²) in [5, 5.41) is 0. The quantitative estimate of drug-likeness (QED) is 0.538. The van der Waals surface area contributed by atoms with Gasteiger partial charge in [0.1, 0.15) is 0 Å². The summed E-state index contributed by atoms with van der Waals surface area (Å²) >= 11 is 0. The first-order chi connectivity index (χ1) is 7.01. The van der Waals surface area contributed by atoms with Crippen LogP contribution in [0.2, 0.25) is 19.6 Å². The van der Waals surface area contributed by atoms with Gasteiger partial charge in [0, 0.05) is 12.0 Å². The zero-order chi connectivity index (χ0) is 11.3. The topological polar surface area (TPSA) is 18.5 Å². The van der Waals surface area contributed by atoms with Crippen LogP contribution < -0.4 is 0 Å². The summed E-state index contributed by atoms with van der Waals surface area (Å²) in [4.78, 5) is 0. The molecular formula is C12H20O2Si. The van der Waals surface area contributed by atoms with Crippen LogP contribution >= 0.6 is 0 Å². The maximum atomic E-state index is 5.81. The lowest BCUT2D eigenvalue weighted by molar-refractivity contribution is 0.144. The van der Waals surface area contributed by atoms with E-state index in [0.29, 0.717) is 11.9 Å². The molecule has 0 radical (unpaired) electrons. The lowest BCUT2D eigenvalue weighted by atomic mass is 10.0. The molecule has 1 aliphatic carbocycles. The zero-order valence-electron chi connectivity index (χ0n) is 9.99. The summed E-state index contributed by atoms with van der Waals surface area (Å²) in [6, 6.07) is 0. The summed E-state index contributed by atoms with van der Waals surface area (Å²) in [5.74, 6) is 1.07. The number of hydrogen-bond acceptors (Lipinski definition) is 2. The first-order valence-electron chi connectivity index (χ1n) is 5.29. The Morgan fingerprint density at radius 2 is 2.07 bits per heavy atom. The van der Waals surface area contributed by atoms with Crippen LogP contribution in [0.3, 0.4) is 0 Å². The minimum atomic E-state index is -1.56. The van der Waals surface area contributed by atoms with Crippen molar-refractivity contribution < 1.29 is 9.16 Å². The minimum Gasteiger partial charge on any atom is -0.520 e. The number of hydrogen-bond donors (Lipinski definition) is 0. The Kier molecular flexibility index (Phi) is 4.21. The fraction of sp³-hybridized carbons (Fsp3) is 0.500. The van der Waals surface area contributed by atoms with Crippen molar-refractivity contribution >= 4 is 8.32 Å². The molecule has 0 aromatic rings. The van der Waals surface area contributed by atoms with Crippen molar-refractivity contribution in [2.45, 2.75) is 26.1 Å². The van der Waals surface area contributed by atoms with Gasteiger partial charge in [0.2, 0.25) is 8.32 Å². The Morgan fingerprint density at radius 1 is 1.33 bits per heavy atom. The molecule has 2 nitrogen and oxygen atoms in total. The Bertz CT molecular complexity index is 284. The summed E-state index contributed by atoms with van der Waals surface area (Å²) in [7, 11) is 0.0999. The van der Waals surface area contributed by atoms with E-state index < -0.39 is 8.32 Å². The molecule has 0 aromatic heterocycles. The molecule has 1 aliphatic rings. The monoisotopic (exact) mass is 224 g/mol. The number of rotatable bonds is 4. The molecule has 0 bridgehead atoms. The van der Waals surface area contributed by atoms with Crippen molar-refractivity contribution in [3.05, 3.63) is 36.3 Å². The van der Waals surface area contributed by atoms with Crippen LogP contribution in [-0.2, 0) is 9.16 Å². The molecule has 0 spiro atoms. The molecule has 3 heteroatoms. The highest BCUT2D eigenvalue weighted by molar-refractivity contribution is 6.69. The van der Waals surface area contributed by atoms with Gasteiger partial charge in [-0.05, 0) is 26.1 Å². The van der Waals surface area contributed by atoms with Gasteiger partial charge >= 0.3 is 0 Å². The van der Waals surface area contributed by atoms with Crippen molar-refractivity contribution in [1.82, 2.24) is 0 Å². The van der Waals surface area contributed by atoms with E-state index in [2.05, 4.69) is 50.0 Å².